The second-order valence-corrected chi connectivity index (χ2v) is 15.9. The lowest BCUT2D eigenvalue weighted by Crippen LogP contribution is -2.57. The third kappa shape index (κ3) is 6.09. The highest BCUT2D eigenvalue weighted by Gasteiger charge is 2.60. The molecule has 0 spiro atoms. The first-order chi connectivity index (χ1) is 19.8. The van der Waals surface area contributed by atoms with Gasteiger partial charge in [-0.1, -0.05) is 31.5 Å². The van der Waals surface area contributed by atoms with Crippen LogP contribution in [0.5, 0.6) is 0 Å². The lowest BCUT2D eigenvalue weighted by Gasteiger charge is -2.61. The summed E-state index contributed by atoms with van der Waals surface area (Å²) in [6, 6.07) is 5.99. The Kier molecular flexibility index (Phi) is 8.99. The van der Waals surface area contributed by atoms with Gasteiger partial charge >= 0.3 is 0 Å². The van der Waals surface area contributed by atoms with Gasteiger partial charge in [0.1, 0.15) is 0 Å². The number of nitrogens with one attached hydrogen (secondary N) is 2. The van der Waals surface area contributed by atoms with Gasteiger partial charge in [-0.05, 0) is 124 Å². The number of carbonyl (C=O) groups is 1. The molecule has 234 valence electrons. The highest BCUT2D eigenvalue weighted by molar-refractivity contribution is 7.90. The van der Waals surface area contributed by atoms with E-state index in [0.717, 1.165) is 50.0 Å². The zero-order valence-electron chi connectivity index (χ0n) is 25.5. The molecule has 0 heterocycles. The summed E-state index contributed by atoms with van der Waals surface area (Å²) in [6.07, 6.45) is 10.9. The van der Waals surface area contributed by atoms with Crippen molar-refractivity contribution < 1.29 is 18.3 Å². The maximum Gasteiger partial charge on any atom is 0.264 e. The van der Waals surface area contributed by atoms with Crippen LogP contribution in [-0.4, -0.2) is 50.1 Å². The van der Waals surface area contributed by atoms with Crippen molar-refractivity contribution in [3.8, 4) is 0 Å². The summed E-state index contributed by atoms with van der Waals surface area (Å²) in [5.74, 6) is 2.42. The molecule has 5 rings (SSSR count). The number of rotatable bonds is 8. The second kappa shape index (κ2) is 12.1. The monoisotopic (exact) mass is 601 g/mol. The fourth-order valence-electron chi connectivity index (χ4n) is 9.34. The predicted octanol–water partition coefficient (Wildman–Crippen LogP) is 3.58. The number of aliphatic hydroxyl groups excluding tert-OH is 1. The molecule has 1 aromatic rings. The molecule has 4 fully saturated rings. The molecule has 9 atom stereocenters. The summed E-state index contributed by atoms with van der Waals surface area (Å²) in [6.45, 7) is 7.06. The normalized spacial score (nSPS) is 37.2. The van der Waals surface area contributed by atoms with Gasteiger partial charge in [-0.3, -0.25) is 9.79 Å². The molecule has 0 bridgehead atoms. The molecule has 1 aromatic carbocycles. The third-order valence-corrected chi connectivity index (χ3v) is 13.2. The number of benzene rings is 1. The minimum Gasteiger partial charge on any atom is -0.393 e. The number of carbonyl (C=O) groups excluding carboxylic acids is 1. The van der Waals surface area contributed by atoms with Crippen molar-refractivity contribution in [3.05, 3.63) is 29.8 Å². The molecule has 42 heavy (non-hydrogen) atoms. The summed E-state index contributed by atoms with van der Waals surface area (Å²) >= 11 is 0. The third-order valence-electron chi connectivity index (χ3n) is 11.8. The van der Waals surface area contributed by atoms with Crippen molar-refractivity contribution in [3.63, 3.8) is 0 Å². The van der Waals surface area contributed by atoms with Gasteiger partial charge in [0.15, 0.2) is 0 Å². The first-order valence-corrected chi connectivity index (χ1v) is 17.5. The number of aliphatic imine (C=N–C) groups is 1. The van der Waals surface area contributed by atoms with Gasteiger partial charge in [0.05, 0.1) is 17.0 Å². The van der Waals surface area contributed by atoms with E-state index in [9.17, 15) is 18.3 Å². The first kappa shape index (κ1) is 31.3. The van der Waals surface area contributed by atoms with Crippen molar-refractivity contribution in [2.45, 2.75) is 114 Å². The highest BCUT2D eigenvalue weighted by atomic mass is 32.2. The van der Waals surface area contributed by atoms with Crippen LogP contribution in [0.3, 0.4) is 0 Å². The Bertz CT molecular complexity index is 1270. The molecule has 0 radical (unpaired) electrons. The summed E-state index contributed by atoms with van der Waals surface area (Å²) in [4.78, 5) is 17.4. The molecule has 0 aliphatic heterocycles. The van der Waals surface area contributed by atoms with Crippen LogP contribution in [0, 0.1) is 41.4 Å². The van der Waals surface area contributed by atoms with Crippen LogP contribution >= 0.6 is 0 Å². The summed E-state index contributed by atoms with van der Waals surface area (Å²) in [5, 5.41) is 13.6. The number of nitrogens with two attached hydrogens (primary N) is 2. The molecule has 0 saturated heterocycles. The van der Waals surface area contributed by atoms with Gasteiger partial charge < -0.3 is 21.9 Å². The Balaban J connectivity index is 1.10. The summed E-state index contributed by atoms with van der Waals surface area (Å²) < 4.78 is 27.3. The average molecular weight is 602 g/mol. The van der Waals surface area contributed by atoms with E-state index in [-0.39, 0.29) is 40.9 Å². The summed E-state index contributed by atoms with van der Waals surface area (Å²) in [5.41, 5.74) is 13.5. The second-order valence-electron chi connectivity index (χ2n) is 14.2. The van der Waals surface area contributed by atoms with Crippen LogP contribution in [0.4, 0.5) is 0 Å². The van der Waals surface area contributed by atoms with Crippen molar-refractivity contribution in [2.24, 2.45) is 51.0 Å². The van der Waals surface area contributed by atoms with E-state index in [4.69, 9.17) is 11.5 Å². The Labute approximate surface area is 251 Å². The quantitative estimate of drug-likeness (QED) is 0.174. The van der Waals surface area contributed by atoms with Gasteiger partial charge in [-0.2, -0.15) is 0 Å². The molecule has 9 nitrogen and oxygen atoms in total. The molecule has 4 aliphatic rings. The molecule has 7 N–H and O–H groups in total. The Hall–Kier alpha value is -2.17. The first-order valence-electron chi connectivity index (χ1n) is 16.0. The van der Waals surface area contributed by atoms with E-state index in [0.29, 0.717) is 36.0 Å². The van der Waals surface area contributed by atoms with E-state index in [2.05, 4.69) is 28.9 Å². The van der Waals surface area contributed by atoms with Crippen LogP contribution in [0.1, 0.15) is 90.0 Å². The number of sulfonamides is 1. The van der Waals surface area contributed by atoms with Gasteiger partial charge in [0, 0.05) is 12.6 Å². The van der Waals surface area contributed by atoms with Crippen LogP contribution in [0.15, 0.2) is 34.2 Å². The minimum atomic E-state index is -3.80. The fourth-order valence-corrected chi connectivity index (χ4v) is 10.3. The van der Waals surface area contributed by atoms with Gasteiger partial charge in [-0.15, -0.1) is 0 Å². The van der Waals surface area contributed by atoms with Gasteiger partial charge in [0.25, 0.3) is 10.0 Å². The van der Waals surface area contributed by atoms with Crippen LogP contribution < -0.4 is 21.5 Å². The lowest BCUT2D eigenvalue weighted by atomic mass is 9.45. The molecule has 4 saturated carbocycles. The van der Waals surface area contributed by atoms with Crippen LogP contribution in [-0.2, 0) is 14.8 Å². The largest absolute Gasteiger partial charge is 0.393 e. The van der Waals surface area contributed by atoms with Crippen molar-refractivity contribution >= 4 is 21.9 Å². The van der Waals surface area contributed by atoms with Gasteiger partial charge in [-0.25, -0.2) is 13.1 Å². The molecule has 4 aliphatic carbocycles. The molecule has 10 heteroatoms. The average Bonchev–Trinajstić information content (AvgIpc) is 3.27. The number of aliphatic hydroxyl groups is 1. The van der Waals surface area contributed by atoms with E-state index in [1.807, 2.05) is 6.92 Å². The number of hydrogen-bond donors (Lipinski definition) is 5. The SMILES string of the molecule is Cc1ccc(S(=O)(=O)NC(N)=NCCCC(N)C(=O)N[C@H]2CC[C@H]3[C@@H]4CC[C@H]5C[C@@H](O)CC[C@]5(C)[C@H]4CC[C@]23C)cc1. The Morgan fingerprint density at radius 2 is 1.74 bits per heavy atom. The Morgan fingerprint density at radius 1 is 1.05 bits per heavy atom. The van der Waals surface area contributed by atoms with E-state index in [1.165, 1.54) is 31.4 Å². The number of fused-ring (bicyclic) bond motifs is 5. The topological polar surface area (TPSA) is 160 Å². The van der Waals surface area contributed by atoms with Crippen molar-refractivity contribution in [2.75, 3.05) is 6.54 Å². The number of amides is 1. The molecular weight excluding hydrogens is 550 g/mol. The molecule has 1 amide bonds. The van der Waals surface area contributed by atoms with E-state index >= 15 is 0 Å². The van der Waals surface area contributed by atoms with Crippen molar-refractivity contribution in [1.82, 2.24) is 10.0 Å². The lowest BCUT2D eigenvalue weighted by molar-refractivity contribution is -0.130. The van der Waals surface area contributed by atoms with Gasteiger partial charge in [0.2, 0.25) is 11.9 Å². The van der Waals surface area contributed by atoms with Crippen LogP contribution in [0.2, 0.25) is 0 Å². The summed E-state index contributed by atoms with van der Waals surface area (Å²) in [7, 11) is -3.80. The fraction of sp³-hybridized carbons (Fsp3) is 0.750. The molecule has 1 unspecified atom stereocenters. The van der Waals surface area contributed by atoms with Crippen molar-refractivity contribution in [1.29, 1.82) is 0 Å². The molecule has 0 aromatic heterocycles. The number of nitrogens with zero attached hydrogens (tertiary/aromatic N) is 1. The maximum absolute atomic E-state index is 13.2. The smallest absolute Gasteiger partial charge is 0.264 e. The number of hydrogen-bond acceptors (Lipinski definition) is 6. The van der Waals surface area contributed by atoms with E-state index in [1.54, 1.807) is 12.1 Å². The maximum atomic E-state index is 13.2. The minimum absolute atomic E-state index is 0.0985. The Morgan fingerprint density at radius 3 is 2.48 bits per heavy atom. The van der Waals surface area contributed by atoms with Crippen LogP contribution in [0.25, 0.3) is 0 Å². The molecular formula is C32H51N5O4S. The van der Waals surface area contributed by atoms with E-state index < -0.39 is 16.1 Å². The predicted molar refractivity (Wildman–Crippen MR) is 165 cm³/mol. The standard InChI is InChI=1S/C32H51N5O4S/c1-20-6-9-23(10-7-20)42(40,41)37-30(34)35-18-4-5-27(33)29(39)36-28-13-12-25-24-11-8-21-19-22(38)14-16-31(21,2)26(24)15-17-32(25,28)3/h6-7,9-10,21-22,24-28,38H,4-5,8,11-19,33H2,1-3H3,(H,36,39)(H3,34,35,37)/t21-,22-,24-,25-,26-,27?,28-,31-,32-/m0/s1. The number of aryl methyl sites for hydroxylation is 1. The zero-order valence-corrected chi connectivity index (χ0v) is 26.3. The number of guanidine groups is 1. The zero-order chi connectivity index (χ0) is 30.3. The highest BCUT2D eigenvalue weighted by Crippen LogP contribution is 2.66.